The molecule has 0 radical (unpaired) electrons. The molecule has 3 atom stereocenters. The second-order valence-corrected chi connectivity index (χ2v) is 12.8. The Morgan fingerprint density at radius 1 is 1.07 bits per heavy atom. The molecule has 41 heavy (non-hydrogen) atoms. The van der Waals surface area contributed by atoms with E-state index in [4.69, 9.17) is 26.3 Å². The first-order valence-electron chi connectivity index (χ1n) is 14.9. The van der Waals surface area contributed by atoms with E-state index in [1.165, 1.54) is 25.0 Å². The number of nitrogens with zero attached hydrogens (tertiary/aromatic N) is 5. The molecule has 0 amide bonds. The molecule has 8 rings (SSSR count). The fraction of sp³-hybridized carbons (Fsp3) is 0.424. The van der Waals surface area contributed by atoms with Crippen molar-refractivity contribution in [2.45, 2.75) is 50.5 Å². The number of ether oxygens (including phenoxy) is 1. The highest BCUT2D eigenvalue weighted by atomic mass is 35.5. The molecule has 210 valence electrons. The zero-order chi connectivity index (χ0) is 27.7. The standard InChI is InChI=1S/C33H33ClFN5O/c1-20-11-13-33(12-4-14-40(20)33)19-41-32-37-30-25(31(38-32)39-17-21-9-10-22(15-21)18-39)16-36-29(28(30)35)24-7-2-5-23-6-3-8-26(34)27(23)24/h2-3,5-8,16,21-22H,1,4,9-15,17-19H2. The van der Waals surface area contributed by atoms with Crippen LogP contribution in [0.15, 0.2) is 54.9 Å². The van der Waals surface area contributed by atoms with E-state index >= 15 is 4.39 Å². The summed E-state index contributed by atoms with van der Waals surface area (Å²) in [4.78, 5) is 19.0. The van der Waals surface area contributed by atoms with Crippen LogP contribution in [-0.4, -0.2) is 51.6 Å². The van der Waals surface area contributed by atoms with Crippen molar-refractivity contribution >= 4 is 39.1 Å². The lowest BCUT2D eigenvalue weighted by Crippen LogP contribution is -2.43. The minimum Gasteiger partial charge on any atom is -0.461 e. The van der Waals surface area contributed by atoms with Crippen molar-refractivity contribution in [3.63, 3.8) is 0 Å². The Balaban J connectivity index is 1.25. The van der Waals surface area contributed by atoms with Gasteiger partial charge in [-0.05, 0) is 68.2 Å². The van der Waals surface area contributed by atoms with Crippen molar-refractivity contribution in [1.82, 2.24) is 19.9 Å². The molecule has 2 aromatic carbocycles. The number of rotatable bonds is 5. The molecule has 0 spiro atoms. The topological polar surface area (TPSA) is 54.4 Å². The van der Waals surface area contributed by atoms with Crippen LogP contribution in [0.25, 0.3) is 32.9 Å². The first kappa shape index (κ1) is 25.3. The lowest BCUT2D eigenvalue weighted by Gasteiger charge is -2.34. The summed E-state index contributed by atoms with van der Waals surface area (Å²) in [5.74, 6) is 1.55. The van der Waals surface area contributed by atoms with Crippen LogP contribution in [0.3, 0.4) is 0 Å². The monoisotopic (exact) mass is 569 g/mol. The summed E-state index contributed by atoms with van der Waals surface area (Å²) >= 11 is 6.61. The van der Waals surface area contributed by atoms with Gasteiger partial charge in [0, 0.05) is 47.5 Å². The number of fused-ring (bicyclic) bond motifs is 5. The third kappa shape index (κ3) is 4.07. The summed E-state index contributed by atoms with van der Waals surface area (Å²) in [5.41, 5.74) is 2.25. The number of allylic oxidation sites excluding steroid dienone is 1. The van der Waals surface area contributed by atoms with Crippen molar-refractivity contribution in [2.75, 3.05) is 31.1 Å². The van der Waals surface area contributed by atoms with E-state index in [-0.39, 0.29) is 22.8 Å². The van der Waals surface area contributed by atoms with Gasteiger partial charge in [0.25, 0.3) is 0 Å². The van der Waals surface area contributed by atoms with Crippen molar-refractivity contribution in [2.24, 2.45) is 11.8 Å². The Hall–Kier alpha value is -3.45. The van der Waals surface area contributed by atoms with Gasteiger partial charge in [0.2, 0.25) is 0 Å². The minimum atomic E-state index is -0.474. The van der Waals surface area contributed by atoms with Gasteiger partial charge in [-0.2, -0.15) is 9.97 Å². The predicted octanol–water partition coefficient (Wildman–Crippen LogP) is 7.39. The SMILES string of the molecule is C=C1CCC2(COc3nc(N4CC5CCC(C5)C4)c4cnc(-c5cccc6cccc(Cl)c56)c(F)c4n3)CCCN12. The van der Waals surface area contributed by atoms with Gasteiger partial charge in [-0.25, -0.2) is 4.39 Å². The highest BCUT2D eigenvalue weighted by Gasteiger charge is 2.46. The first-order valence-corrected chi connectivity index (χ1v) is 15.2. The molecule has 0 N–H and O–H groups in total. The highest BCUT2D eigenvalue weighted by molar-refractivity contribution is 6.36. The number of aromatic nitrogens is 3. The number of benzene rings is 2. The highest BCUT2D eigenvalue weighted by Crippen LogP contribution is 2.45. The quantitative estimate of drug-likeness (QED) is 0.250. The van der Waals surface area contributed by atoms with E-state index < -0.39 is 5.82 Å². The summed E-state index contributed by atoms with van der Waals surface area (Å²) in [6.45, 7) is 7.60. The molecule has 6 nitrogen and oxygen atoms in total. The first-order chi connectivity index (χ1) is 20.0. The molecule has 1 aliphatic carbocycles. The summed E-state index contributed by atoms with van der Waals surface area (Å²) < 4.78 is 23.0. The van der Waals surface area contributed by atoms with E-state index in [0.717, 1.165) is 61.9 Å². The summed E-state index contributed by atoms with van der Waals surface area (Å²) in [5, 5.41) is 2.91. The molecule has 4 aromatic rings. The Kier molecular flexibility index (Phi) is 5.89. The third-order valence-corrected chi connectivity index (χ3v) is 10.3. The zero-order valence-electron chi connectivity index (χ0n) is 23.1. The maximum atomic E-state index is 16.6. The molecule has 4 aliphatic rings. The van der Waals surface area contributed by atoms with Gasteiger partial charge in [0.15, 0.2) is 5.82 Å². The fourth-order valence-electron chi connectivity index (χ4n) is 8.01. The van der Waals surface area contributed by atoms with Gasteiger partial charge in [-0.1, -0.05) is 48.5 Å². The van der Waals surface area contributed by atoms with Gasteiger partial charge < -0.3 is 14.5 Å². The molecule has 3 aliphatic heterocycles. The molecule has 2 aromatic heterocycles. The second kappa shape index (κ2) is 9.55. The lowest BCUT2D eigenvalue weighted by molar-refractivity contribution is 0.121. The Morgan fingerprint density at radius 3 is 2.71 bits per heavy atom. The summed E-state index contributed by atoms with van der Waals surface area (Å²) in [6, 6.07) is 11.7. The molecule has 8 heteroatoms. The van der Waals surface area contributed by atoms with Crippen LogP contribution in [0.2, 0.25) is 5.02 Å². The van der Waals surface area contributed by atoms with Crippen LogP contribution >= 0.6 is 11.6 Å². The predicted molar refractivity (Wildman–Crippen MR) is 161 cm³/mol. The van der Waals surface area contributed by atoms with Crippen LogP contribution in [0.5, 0.6) is 6.01 Å². The van der Waals surface area contributed by atoms with Gasteiger partial charge in [-0.15, -0.1) is 0 Å². The molecule has 5 heterocycles. The normalized spacial score (nSPS) is 25.5. The fourth-order valence-corrected chi connectivity index (χ4v) is 8.30. The summed E-state index contributed by atoms with van der Waals surface area (Å²) in [6.07, 6.45) is 9.68. The summed E-state index contributed by atoms with van der Waals surface area (Å²) in [7, 11) is 0. The van der Waals surface area contributed by atoms with E-state index in [1.54, 1.807) is 6.20 Å². The third-order valence-electron chi connectivity index (χ3n) is 9.99. The molecular formula is C33H33ClFN5O. The Bertz CT molecular complexity index is 1690. The van der Waals surface area contributed by atoms with Crippen molar-refractivity contribution < 1.29 is 9.13 Å². The molecular weight excluding hydrogens is 537 g/mol. The lowest BCUT2D eigenvalue weighted by atomic mass is 9.95. The van der Waals surface area contributed by atoms with Crippen molar-refractivity contribution in [3.05, 3.63) is 65.7 Å². The number of hydrogen-bond acceptors (Lipinski definition) is 6. The van der Waals surface area contributed by atoms with Crippen molar-refractivity contribution in [1.29, 1.82) is 0 Å². The molecule has 2 bridgehead atoms. The number of halogens is 2. The van der Waals surface area contributed by atoms with E-state index in [0.29, 0.717) is 34.4 Å². The maximum Gasteiger partial charge on any atom is 0.319 e. The van der Waals surface area contributed by atoms with Gasteiger partial charge in [-0.3, -0.25) is 4.98 Å². The van der Waals surface area contributed by atoms with Gasteiger partial charge in [0.1, 0.15) is 23.6 Å². The number of anilines is 1. The van der Waals surface area contributed by atoms with Crippen LogP contribution in [-0.2, 0) is 0 Å². The molecule has 1 saturated carbocycles. The largest absolute Gasteiger partial charge is 0.461 e. The van der Waals surface area contributed by atoms with Crippen LogP contribution < -0.4 is 9.64 Å². The average molecular weight is 570 g/mol. The van der Waals surface area contributed by atoms with Gasteiger partial charge in [0.05, 0.1) is 10.9 Å². The van der Waals surface area contributed by atoms with Gasteiger partial charge >= 0.3 is 6.01 Å². The number of hydrogen-bond donors (Lipinski definition) is 0. The maximum absolute atomic E-state index is 16.6. The van der Waals surface area contributed by atoms with E-state index in [1.807, 2.05) is 36.4 Å². The molecule has 4 fully saturated rings. The van der Waals surface area contributed by atoms with Crippen LogP contribution in [0, 0.1) is 17.7 Å². The second-order valence-electron chi connectivity index (χ2n) is 12.4. The van der Waals surface area contributed by atoms with Crippen LogP contribution in [0.1, 0.15) is 44.9 Å². The molecule has 3 saturated heterocycles. The van der Waals surface area contributed by atoms with E-state index in [9.17, 15) is 0 Å². The molecule has 3 unspecified atom stereocenters. The van der Waals surface area contributed by atoms with Crippen molar-refractivity contribution in [3.8, 4) is 17.3 Å². The van der Waals surface area contributed by atoms with Crippen LogP contribution in [0.4, 0.5) is 10.2 Å². The van der Waals surface area contributed by atoms with E-state index in [2.05, 4.69) is 21.4 Å². The minimum absolute atomic E-state index is 0.0680. The zero-order valence-corrected chi connectivity index (χ0v) is 23.8. The average Bonchev–Trinajstić information content (AvgIpc) is 3.65. The number of pyridine rings is 1. The smallest absolute Gasteiger partial charge is 0.319 e. The number of piperidine rings is 1. The Labute approximate surface area is 244 Å². The Morgan fingerprint density at radius 2 is 1.88 bits per heavy atom.